The monoisotopic (exact) mass is 313 g/mol. The van der Waals surface area contributed by atoms with Crippen LogP contribution in [0.15, 0.2) is 48.5 Å². The Kier molecular flexibility index (Phi) is 5.00. The van der Waals surface area contributed by atoms with Crippen molar-refractivity contribution in [3.8, 4) is 11.1 Å². The Labute approximate surface area is 135 Å². The van der Waals surface area contributed by atoms with Gasteiger partial charge in [-0.15, -0.1) is 0 Å². The largest absolute Gasteiger partial charge is 0.353 e. The summed E-state index contributed by atoms with van der Waals surface area (Å²) in [6.07, 6.45) is 3.07. The number of para-hydroxylation sites is 1. The zero-order valence-corrected chi connectivity index (χ0v) is 12.8. The van der Waals surface area contributed by atoms with Crippen LogP contribution in [-0.2, 0) is 16.1 Å². The average Bonchev–Trinajstić information content (AvgIpc) is 2.61. The molecule has 0 amide bonds. The molecular weight excluding hydrogens is 294 g/mol. The molecule has 3 rings (SSSR count). The van der Waals surface area contributed by atoms with Crippen molar-refractivity contribution < 1.29 is 14.4 Å². The van der Waals surface area contributed by atoms with Crippen LogP contribution in [0.3, 0.4) is 0 Å². The summed E-state index contributed by atoms with van der Waals surface area (Å²) >= 11 is 0. The topological polar surface area (TPSA) is 61.6 Å². The molecule has 5 nitrogen and oxygen atoms in total. The third kappa shape index (κ3) is 3.94. The number of hydrogen-bond donors (Lipinski definition) is 0. The van der Waals surface area contributed by atoms with Gasteiger partial charge in [-0.05, 0) is 36.5 Å². The van der Waals surface area contributed by atoms with E-state index in [1.54, 1.807) is 18.2 Å². The van der Waals surface area contributed by atoms with Crippen LogP contribution in [0, 0.1) is 10.1 Å². The van der Waals surface area contributed by atoms with Gasteiger partial charge >= 0.3 is 0 Å². The molecule has 23 heavy (non-hydrogen) atoms. The molecule has 1 aliphatic heterocycles. The Morgan fingerprint density at radius 3 is 2.61 bits per heavy atom. The highest BCUT2D eigenvalue weighted by Crippen LogP contribution is 2.29. The lowest BCUT2D eigenvalue weighted by molar-refractivity contribution is -0.384. The third-order valence-electron chi connectivity index (χ3n) is 3.94. The highest BCUT2D eigenvalue weighted by atomic mass is 16.7. The minimum Gasteiger partial charge on any atom is -0.353 e. The van der Waals surface area contributed by atoms with Crippen LogP contribution in [0.1, 0.15) is 24.8 Å². The number of nitro benzene ring substituents is 1. The summed E-state index contributed by atoms with van der Waals surface area (Å²) < 4.78 is 11.3. The van der Waals surface area contributed by atoms with Crippen molar-refractivity contribution in [1.82, 2.24) is 0 Å². The van der Waals surface area contributed by atoms with Crippen molar-refractivity contribution in [2.24, 2.45) is 0 Å². The first-order chi connectivity index (χ1) is 11.2. The molecule has 1 atom stereocenters. The summed E-state index contributed by atoms with van der Waals surface area (Å²) in [7, 11) is 0. The highest BCUT2D eigenvalue weighted by Gasteiger charge is 2.15. The van der Waals surface area contributed by atoms with E-state index in [0.29, 0.717) is 12.2 Å². The highest BCUT2D eigenvalue weighted by molar-refractivity contribution is 5.73. The zero-order chi connectivity index (χ0) is 16.1. The molecule has 5 heteroatoms. The van der Waals surface area contributed by atoms with Gasteiger partial charge in [-0.25, -0.2) is 0 Å². The SMILES string of the molecule is O=[N+]([O-])c1ccccc1-c1ccc(COC2CCCCO2)cc1. The minimum atomic E-state index is -0.354. The lowest BCUT2D eigenvalue weighted by Gasteiger charge is -2.22. The first-order valence-corrected chi connectivity index (χ1v) is 7.80. The van der Waals surface area contributed by atoms with Gasteiger partial charge in [-0.1, -0.05) is 36.4 Å². The summed E-state index contributed by atoms with van der Waals surface area (Å²) in [6, 6.07) is 14.4. The summed E-state index contributed by atoms with van der Waals surface area (Å²) in [5.74, 6) is 0. The number of ether oxygens (including phenoxy) is 2. The lowest BCUT2D eigenvalue weighted by Crippen LogP contribution is -2.21. The Bertz CT molecular complexity index is 663. The predicted molar refractivity (Wildman–Crippen MR) is 86.9 cm³/mol. The molecule has 1 aliphatic rings. The Balaban J connectivity index is 1.68. The van der Waals surface area contributed by atoms with Crippen molar-refractivity contribution in [3.63, 3.8) is 0 Å². The standard InChI is InChI=1S/C18H19NO4/c20-19(21)17-6-2-1-5-16(17)15-10-8-14(9-11-15)13-23-18-7-3-4-12-22-18/h1-2,5-6,8-11,18H,3-4,7,12-13H2. The second-order valence-electron chi connectivity index (χ2n) is 5.58. The zero-order valence-electron chi connectivity index (χ0n) is 12.8. The molecule has 120 valence electrons. The van der Waals surface area contributed by atoms with Gasteiger partial charge in [-0.2, -0.15) is 0 Å². The number of benzene rings is 2. The van der Waals surface area contributed by atoms with E-state index in [1.807, 2.05) is 24.3 Å². The van der Waals surface area contributed by atoms with Crippen molar-refractivity contribution in [1.29, 1.82) is 0 Å². The van der Waals surface area contributed by atoms with E-state index in [-0.39, 0.29) is 16.9 Å². The van der Waals surface area contributed by atoms with Crippen LogP contribution in [0.2, 0.25) is 0 Å². The first-order valence-electron chi connectivity index (χ1n) is 7.80. The molecule has 1 fully saturated rings. The average molecular weight is 313 g/mol. The minimum absolute atomic E-state index is 0.112. The van der Waals surface area contributed by atoms with Crippen LogP contribution in [-0.4, -0.2) is 17.8 Å². The Morgan fingerprint density at radius 1 is 1.13 bits per heavy atom. The van der Waals surface area contributed by atoms with Gasteiger partial charge in [0.25, 0.3) is 5.69 Å². The predicted octanol–water partition coefficient (Wildman–Crippen LogP) is 4.31. The van der Waals surface area contributed by atoms with E-state index in [1.165, 1.54) is 6.07 Å². The third-order valence-corrected chi connectivity index (χ3v) is 3.94. The maximum Gasteiger partial charge on any atom is 0.277 e. The molecule has 2 aromatic rings. The fourth-order valence-corrected chi connectivity index (χ4v) is 2.69. The van der Waals surface area contributed by atoms with Gasteiger partial charge in [0.15, 0.2) is 6.29 Å². The van der Waals surface area contributed by atoms with Gasteiger partial charge in [0, 0.05) is 12.7 Å². The molecule has 1 heterocycles. The van der Waals surface area contributed by atoms with Gasteiger partial charge in [0.2, 0.25) is 0 Å². The fourth-order valence-electron chi connectivity index (χ4n) is 2.69. The van der Waals surface area contributed by atoms with E-state index in [9.17, 15) is 10.1 Å². The van der Waals surface area contributed by atoms with E-state index >= 15 is 0 Å². The summed E-state index contributed by atoms with van der Waals surface area (Å²) in [6.45, 7) is 1.25. The molecule has 0 spiro atoms. The second kappa shape index (κ2) is 7.35. The van der Waals surface area contributed by atoms with Crippen LogP contribution in [0.25, 0.3) is 11.1 Å². The molecule has 1 saturated heterocycles. The molecule has 2 aromatic carbocycles. The van der Waals surface area contributed by atoms with Gasteiger partial charge in [0.05, 0.1) is 17.1 Å². The molecule has 1 unspecified atom stereocenters. The van der Waals surface area contributed by atoms with Crippen LogP contribution in [0.4, 0.5) is 5.69 Å². The molecule has 0 radical (unpaired) electrons. The summed E-state index contributed by atoms with van der Waals surface area (Å²) in [5, 5.41) is 11.1. The van der Waals surface area contributed by atoms with Gasteiger partial charge in [-0.3, -0.25) is 10.1 Å². The molecule has 0 bridgehead atoms. The van der Waals surface area contributed by atoms with E-state index < -0.39 is 0 Å². The van der Waals surface area contributed by atoms with Crippen LogP contribution < -0.4 is 0 Å². The maximum absolute atomic E-state index is 11.1. The molecule has 0 N–H and O–H groups in total. The van der Waals surface area contributed by atoms with Gasteiger partial charge in [0.1, 0.15) is 0 Å². The molecule has 0 aliphatic carbocycles. The van der Waals surface area contributed by atoms with Crippen molar-refractivity contribution in [2.45, 2.75) is 32.2 Å². The van der Waals surface area contributed by atoms with E-state index in [2.05, 4.69) is 0 Å². The summed E-state index contributed by atoms with van der Waals surface area (Å²) in [4.78, 5) is 10.8. The quantitative estimate of drug-likeness (QED) is 0.609. The normalized spacial score (nSPS) is 17.8. The summed E-state index contributed by atoms with van der Waals surface area (Å²) in [5.41, 5.74) is 2.60. The van der Waals surface area contributed by atoms with Crippen LogP contribution >= 0.6 is 0 Å². The smallest absolute Gasteiger partial charge is 0.277 e. The molecule has 0 saturated carbocycles. The van der Waals surface area contributed by atoms with Gasteiger partial charge < -0.3 is 9.47 Å². The van der Waals surface area contributed by atoms with E-state index in [0.717, 1.165) is 37.0 Å². The Hall–Kier alpha value is -2.24. The number of rotatable bonds is 5. The second-order valence-corrected chi connectivity index (χ2v) is 5.58. The first kappa shape index (κ1) is 15.6. The van der Waals surface area contributed by atoms with Crippen molar-refractivity contribution in [3.05, 3.63) is 64.2 Å². The maximum atomic E-state index is 11.1. The molecular formula is C18H19NO4. The number of nitro groups is 1. The number of nitrogens with zero attached hydrogens (tertiary/aromatic N) is 1. The van der Waals surface area contributed by atoms with Crippen LogP contribution in [0.5, 0.6) is 0 Å². The number of hydrogen-bond acceptors (Lipinski definition) is 4. The lowest BCUT2D eigenvalue weighted by atomic mass is 10.0. The fraction of sp³-hybridized carbons (Fsp3) is 0.333. The van der Waals surface area contributed by atoms with Crippen molar-refractivity contribution in [2.75, 3.05) is 6.61 Å². The molecule has 0 aromatic heterocycles. The van der Waals surface area contributed by atoms with E-state index in [4.69, 9.17) is 9.47 Å². The van der Waals surface area contributed by atoms with Crippen molar-refractivity contribution >= 4 is 5.69 Å². The Morgan fingerprint density at radius 2 is 1.91 bits per heavy atom.